The number of amides is 1. The number of hydrazone groups is 1. The van der Waals surface area contributed by atoms with E-state index in [-0.39, 0.29) is 12.4 Å². The molecule has 0 atom stereocenters. The van der Waals surface area contributed by atoms with E-state index in [9.17, 15) is 9.90 Å². The maximum atomic E-state index is 11.6. The molecule has 0 aliphatic rings. The summed E-state index contributed by atoms with van der Waals surface area (Å²) in [7, 11) is 0. The van der Waals surface area contributed by atoms with E-state index in [1.807, 2.05) is 12.1 Å². The number of phenolic OH excluding ortho intramolecular Hbond substituents is 1. The zero-order chi connectivity index (χ0) is 15.9. The highest BCUT2D eigenvalue weighted by Gasteiger charge is 2.02. The zero-order valence-electron chi connectivity index (χ0n) is 11.3. The van der Waals surface area contributed by atoms with Crippen molar-refractivity contribution in [1.29, 1.82) is 0 Å². The summed E-state index contributed by atoms with van der Waals surface area (Å²) in [6, 6.07) is 12.1. The van der Waals surface area contributed by atoms with Crippen molar-refractivity contribution >= 4 is 44.0 Å². The summed E-state index contributed by atoms with van der Waals surface area (Å²) in [5.74, 6) is 0.271. The van der Waals surface area contributed by atoms with Gasteiger partial charge in [0.05, 0.1) is 6.21 Å². The van der Waals surface area contributed by atoms with Gasteiger partial charge in [-0.1, -0.05) is 31.9 Å². The molecule has 0 aliphatic carbocycles. The van der Waals surface area contributed by atoms with Crippen LogP contribution in [0.25, 0.3) is 0 Å². The smallest absolute Gasteiger partial charge is 0.277 e. The Hall–Kier alpha value is -1.86. The van der Waals surface area contributed by atoms with Gasteiger partial charge in [0.2, 0.25) is 0 Å². The molecule has 1 amide bonds. The number of nitrogens with one attached hydrogen (secondary N) is 1. The monoisotopic (exact) mass is 426 g/mol. The number of phenols is 1. The Morgan fingerprint density at radius 1 is 1.18 bits per heavy atom. The van der Waals surface area contributed by atoms with E-state index in [1.165, 1.54) is 12.3 Å². The third-order valence-electron chi connectivity index (χ3n) is 2.57. The lowest BCUT2D eigenvalue weighted by Crippen LogP contribution is -2.24. The van der Waals surface area contributed by atoms with Crippen LogP contribution in [0, 0.1) is 0 Å². The topological polar surface area (TPSA) is 70.9 Å². The van der Waals surface area contributed by atoms with E-state index in [0.717, 1.165) is 8.95 Å². The Morgan fingerprint density at radius 2 is 1.86 bits per heavy atom. The number of benzene rings is 2. The highest BCUT2D eigenvalue weighted by atomic mass is 79.9. The Kier molecular flexibility index (Phi) is 5.97. The lowest BCUT2D eigenvalue weighted by molar-refractivity contribution is -0.123. The first kappa shape index (κ1) is 16.5. The summed E-state index contributed by atoms with van der Waals surface area (Å²) in [6.07, 6.45) is 1.36. The second-order valence-corrected chi connectivity index (χ2v) is 6.07. The van der Waals surface area contributed by atoms with Crippen LogP contribution in [0.3, 0.4) is 0 Å². The number of carbonyl (C=O) groups excluding carboxylic acids is 1. The van der Waals surface area contributed by atoms with Gasteiger partial charge in [-0.2, -0.15) is 5.10 Å². The number of rotatable bonds is 5. The van der Waals surface area contributed by atoms with Crippen molar-refractivity contribution in [3.05, 3.63) is 57.0 Å². The summed E-state index contributed by atoms with van der Waals surface area (Å²) in [6.45, 7) is -0.149. The molecule has 2 aromatic carbocycles. The first-order valence-electron chi connectivity index (χ1n) is 6.23. The molecule has 114 valence electrons. The molecule has 0 heterocycles. The first-order valence-corrected chi connectivity index (χ1v) is 7.82. The molecule has 5 nitrogen and oxygen atoms in total. The van der Waals surface area contributed by atoms with Crippen molar-refractivity contribution in [3.63, 3.8) is 0 Å². The van der Waals surface area contributed by atoms with Crippen LogP contribution >= 0.6 is 31.9 Å². The molecule has 2 aromatic rings. The van der Waals surface area contributed by atoms with Gasteiger partial charge in [0, 0.05) is 14.5 Å². The lowest BCUT2D eigenvalue weighted by atomic mass is 10.2. The maximum Gasteiger partial charge on any atom is 0.277 e. The minimum absolute atomic E-state index is 0.0762. The second-order valence-electron chi connectivity index (χ2n) is 4.24. The van der Waals surface area contributed by atoms with Crippen molar-refractivity contribution < 1.29 is 14.6 Å². The highest BCUT2D eigenvalue weighted by molar-refractivity contribution is 9.10. The first-order chi connectivity index (χ1) is 10.5. The van der Waals surface area contributed by atoms with Gasteiger partial charge in [0.15, 0.2) is 6.61 Å². The van der Waals surface area contributed by atoms with Crippen LogP contribution in [0.1, 0.15) is 5.56 Å². The second kappa shape index (κ2) is 7.95. The van der Waals surface area contributed by atoms with Crippen molar-refractivity contribution in [2.45, 2.75) is 0 Å². The summed E-state index contributed by atoms with van der Waals surface area (Å²) < 4.78 is 7.04. The quantitative estimate of drug-likeness (QED) is 0.567. The molecule has 0 bridgehead atoms. The summed E-state index contributed by atoms with van der Waals surface area (Å²) in [5.41, 5.74) is 2.82. The molecule has 0 aromatic heterocycles. The molecular weight excluding hydrogens is 416 g/mol. The molecule has 2 rings (SSSR count). The van der Waals surface area contributed by atoms with E-state index in [2.05, 4.69) is 42.4 Å². The van der Waals surface area contributed by atoms with E-state index >= 15 is 0 Å². The van der Waals surface area contributed by atoms with E-state index in [1.54, 1.807) is 24.3 Å². The number of hydrogen-bond acceptors (Lipinski definition) is 4. The molecule has 0 spiro atoms. The maximum absolute atomic E-state index is 11.6. The Bertz CT molecular complexity index is 688. The molecule has 2 N–H and O–H groups in total. The Morgan fingerprint density at radius 3 is 2.59 bits per heavy atom. The Balaban J connectivity index is 1.83. The van der Waals surface area contributed by atoms with Gasteiger partial charge in [-0.05, 0) is 42.5 Å². The van der Waals surface area contributed by atoms with Crippen LogP contribution in [-0.4, -0.2) is 23.8 Å². The predicted octanol–water partition coefficient (Wildman–Crippen LogP) is 3.45. The van der Waals surface area contributed by atoms with Crippen LogP contribution in [-0.2, 0) is 4.79 Å². The number of carbonyl (C=O) groups is 1. The van der Waals surface area contributed by atoms with E-state index in [4.69, 9.17) is 4.74 Å². The third kappa shape index (κ3) is 5.16. The molecule has 0 radical (unpaired) electrons. The van der Waals surface area contributed by atoms with Crippen molar-refractivity contribution in [2.24, 2.45) is 5.10 Å². The summed E-state index contributed by atoms with van der Waals surface area (Å²) in [4.78, 5) is 11.6. The molecule has 0 saturated heterocycles. The highest BCUT2D eigenvalue weighted by Crippen LogP contribution is 2.20. The van der Waals surface area contributed by atoms with Gasteiger partial charge in [-0.3, -0.25) is 4.79 Å². The van der Waals surface area contributed by atoms with Crippen LogP contribution in [0.4, 0.5) is 0 Å². The van der Waals surface area contributed by atoms with Crippen molar-refractivity contribution in [1.82, 2.24) is 5.43 Å². The molecule has 22 heavy (non-hydrogen) atoms. The third-order valence-corrected chi connectivity index (χ3v) is 3.59. The minimum atomic E-state index is -0.395. The average molecular weight is 428 g/mol. The normalized spacial score (nSPS) is 10.6. The number of nitrogens with zero attached hydrogens (tertiary/aromatic N) is 1. The molecular formula is C15H12Br2N2O3. The van der Waals surface area contributed by atoms with Crippen molar-refractivity contribution in [2.75, 3.05) is 6.61 Å². The summed E-state index contributed by atoms with van der Waals surface area (Å²) in [5, 5.41) is 13.4. The summed E-state index contributed by atoms with van der Waals surface area (Å²) >= 11 is 6.60. The standard InChI is InChI=1S/C15H12Br2N2O3/c16-11-1-4-13(5-2-11)22-9-15(21)19-18-8-10-7-12(17)3-6-14(10)20/h1-8,20H,9H2,(H,19,21). The van der Waals surface area contributed by atoms with E-state index in [0.29, 0.717) is 11.3 Å². The van der Waals surface area contributed by atoms with Gasteiger partial charge in [-0.25, -0.2) is 5.43 Å². The molecule has 0 fully saturated rings. The fraction of sp³-hybridized carbons (Fsp3) is 0.0667. The SMILES string of the molecule is O=C(COc1ccc(Br)cc1)NN=Cc1cc(Br)ccc1O. The van der Waals surface area contributed by atoms with Gasteiger partial charge in [0.1, 0.15) is 11.5 Å². The predicted molar refractivity (Wildman–Crippen MR) is 91.2 cm³/mol. The van der Waals surface area contributed by atoms with Crippen LogP contribution in [0.2, 0.25) is 0 Å². The fourth-order valence-corrected chi connectivity index (χ4v) is 2.16. The van der Waals surface area contributed by atoms with Crippen molar-refractivity contribution in [3.8, 4) is 11.5 Å². The van der Waals surface area contributed by atoms with Gasteiger partial charge in [-0.15, -0.1) is 0 Å². The molecule has 0 aliphatic heterocycles. The zero-order valence-corrected chi connectivity index (χ0v) is 14.5. The minimum Gasteiger partial charge on any atom is -0.507 e. The largest absolute Gasteiger partial charge is 0.507 e. The average Bonchev–Trinajstić information content (AvgIpc) is 2.50. The Labute approximate surface area is 144 Å². The van der Waals surface area contributed by atoms with Gasteiger partial charge in [0.25, 0.3) is 5.91 Å². The number of hydrogen-bond donors (Lipinski definition) is 2. The van der Waals surface area contributed by atoms with Gasteiger partial charge < -0.3 is 9.84 Å². The molecule has 0 unspecified atom stereocenters. The molecule has 0 saturated carbocycles. The number of halogens is 2. The number of ether oxygens (including phenoxy) is 1. The van der Waals surface area contributed by atoms with Crippen LogP contribution in [0.15, 0.2) is 56.5 Å². The lowest BCUT2D eigenvalue weighted by Gasteiger charge is -2.05. The van der Waals surface area contributed by atoms with Gasteiger partial charge >= 0.3 is 0 Å². The van der Waals surface area contributed by atoms with Crippen LogP contribution in [0.5, 0.6) is 11.5 Å². The fourth-order valence-electron chi connectivity index (χ4n) is 1.51. The van der Waals surface area contributed by atoms with Crippen LogP contribution < -0.4 is 10.2 Å². The van der Waals surface area contributed by atoms with E-state index < -0.39 is 5.91 Å². The molecule has 7 heteroatoms. The number of aromatic hydroxyl groups is 1.